The maximum absolute atomic E-state index is 11.8. The van der Waals surface area contributed by atoms with E-state index in [1.54, 1.807) is 24.3 Å². The predicted molar refractivity (Wildman–Crippen MR) is 117 cm³/mol. The summed E-state index contributed by atoms with van der Waals surface area (Å²) in [5, 5.41) is 13.7. The Morgan fingerprint density at radius 3 is 2.40 bits per heavy atom. The third-order valence-electron chi connectivity index (χ3n) is 4.57. The van der Waals surface area contributed by atoms with Gasteiger partial charge < -0.3 is 19.9 Å². The highest BCUT2D eigenvalue weighted by Crippen LogP contribution is 2.38. The fourth-order valence-corrected chi connectivity index (χ4v) is 4.24. The van der Waals surface area contributed by atoms with Crippen molar-refractivity contribution >= 4 is 39.0 Å². The summed E-state index contributed by atoms with van der Waals surface area (Å²) in [5.74, 6) is 0.791. The number of carboxylic acids is 1. The molecule has 2 aromatic heterocycles. The zero-order valence-electron chi connectivity index (χ0n) is 16.6. The molecule has 0 radical (unpaired) electrons. The molecule has 0 spiro atoms. The second-order valence-corrected chi connectivity index (χ2v) is 7.53. The van der Waals surface area contributed by atoms with Crippen molar-refractivity contribution in [3.8, 4) is 21.9 Å². The number of nitrogens with one attached hydrogen (secondary N) is 1. The molecule has 8 heteroatoms. The third kappa shape index (κ3) is 3.65. The van der Waals surface area contributed by atoms with Gasteiger partial charge in [0.2, 0.25) is 0 Å². The van der Waals surface area contributed by atoms with E-state index in [1.807, 2.05) is 36.4 Å². The number of hydrogen-bond donors (Lipinski definition) is 2. The zero-order valence-corrected chi connectivity index (χ0v) is 17.4. The second kappa shape index (κ2) is 8.00. The molecule has 2 aromatic carbocycles. The highest BCUT2D eigenvalue weighted by molar-refractivity contribution is 7.21. The number of methoxy groups -OCH3 is 2. The standard InChI is InChI=1S/C22H19N3O4S/c1-12-23-20(15-10-19(30-21(15)24-12)13-7-5-4-6-8-13)25-16-11-18(29-3)17(28-2)9-14(16)22(26)27/h4-11H,1-3H3,(H,26,27)(H,23,24,25). The van der Waals surface area contributed by atoms with Gasteiger partial charge in [-0.15, -0.1) is 11.3 Å². The Morgan fingerprint density at radius 2 is 1.73 bits per heavy atom. The number of carboxylic acid groups (broad SMARTS) is 1. The van der Waals surface area contributed by atoms with E-state index in [-0.39, 0.29) is 5.56 Å². The van der Waals surface area contributed by atoms with Crippen LogP contribution in [-0.4, -0.2) is 35.3 Å². The van der Waals surface area contributed by atoms with Crippen LogP contribution in [0.3, 0.4) is 0 Å². The molecule has 0 atom stereocenters. The molecule has 4 rings (SSSR count). The van der Waals surface area contributed by atoms with Crippen LogP contribution in [0.5, 0.6) is 11.5 Å². The molecule has 0 bridgehead atoms. The van der Waals surface area contributed by atoms with Gasteiger partial charge in [-0.05, 0) is 18.6 Å². The van der Waals surface area contributed by atoms with Crippen molar-refractivity contribution in [1.29, 1.82) is 0 Å². The summed E-state index contributed by atoms with van der Waals surface area (Å²) in [6.07, 6.45) is 0. The fourth-order valence-electron chi connectivity index (χ4n) is 3.15. The number of benzene rings is 2. The summed E-state index contributed by atoms with van der Waals surface area (Å²) in [4.78, 5) is 22.8. The van der Waals surface area contributed by atoms with Gasteiger partial charge in [0.15, 0.2) is 11.5 Å². The summed E-state index contributed by atoms with van der Waals surface area (Å²) in [6, 6.07) is 15.0. The number of fused-ring (bicyclic) bond motifs is 1. The highest BCUT2D eigenvalue weighted by Gasteiger charge is 2.19. The number of aryl methyl sites for hydroxylation is 1. The molecular weight excluding hydrogens is 402 g/mol. The van der Waals surface area contributed by atoms with Crippen molar-refractivity contribution < 1.29 is 19.4 Å². The molecule has 4 aromatic rings. The van der Waals surface area contributed by atoms with Crippen LogP contribution in [0.1, 0.15) is 16.2 Å². The highest BCUT2D eigenvalue weighted by atomic mass is 32.1. The van der Waals surface area contributed by atoms with Crippen LogP contribution in [0.15, 0.2) is 48.5 Å². The second-order valence-electron chi connectivity index (χ2n) is 6.50. The minimum absolute atomic E-state index is 0.0515. The van der Waals surface area contributed by atoms with Gasteiger partial charge in [0.25, 0.3) is 0 Å². The molecule has 7 nitrogen and oxygen atoms in total. The first kappa shape index (κ1) is 19.7. The fraction of sp³-hybridized carbons (Fsp3) is 0.136. The SMILES string of the molecule is COc1cc(Nc2nc(C)nc3sc(-c4ccccc4)cc23)c(C(=O)O)cc1OC. The van der Waals surface area contributed by atoms with E-state index >= 15 is 0 Å². The topological polar surface area (TPSA) is 93.6 Å². The van der Waals surface area contributed by atoms with E-state index in [0.717, 1.165) is 20.7 Å². The number of nitrogens with zero attached hydrogens (tertiary/aromatic N) is 2. The number of carbonyl (C=O) groups is 1. The van der Waals surface area contributed by atoms with Gasteiger partial charge in [-0.3, -0.25) is 0 Å². The number of hydrogen-bond acceptors (Lipinski definition) is 7. The van der Waals surface area contributed by atoms with Crippen molar-refractivity contribution in [2.45, 2.75) is 6.92 Å². The van der Waals surface area contributed by atoms with Gasteiger partial charge in [-0.25, -0.2) is 14.8 Å². The van der Waals surface area contributed by atoms with Crippen LogP contribution >= 0.6 is 11.3 Å². The van der Waals surface area contributed by atoms with Crippen LogP contribution in [0.2, 0.25) is 0 Å². The Morgan fingerprint density at radius 1 is 1.03 bits per heavy atom. The molecule has 0 amide bonds. The molecule has 0 aliphatic rings. The summed E-state index contributed by atoms with van der Waals surface area (Å²) in [6.45, 7) is 1.80. The Labute approximate surface area is 176 Å². The molecule has 2 N–H and O–H groups in total. The van der Waals surface area contributed by atoms with Crippen LogP contribution in [-0.2, 0) is 0 Å². The molecule has 0 unspecified atom stereocenters. The lowest BCUT2D eigenvalue weighted by Gasteiger charge is -2.14. The van der Waals surface area contributed by atoms with Crippen molar-refractivity contribution in [1.82, 2.24) is 9.97 Å². The molecule has 0 fully saturated rings. The molecule has 30 heavy (non-hydrogen) atoms. The van der Waals surface area contributed by atoms with Gasteiger partial charge in [-0.2, -0.15) is 0 Å². The third-order valence-corrected chi connectivity index (χ3v) is 5.65. The Balaban J connectivity index is 1.84. The predicted octanol–water partition coefficient (Wildman–Crippen LogP) is 5.13. The maximum Gasteiger partial charge on any atom is 0.337 e. The number of thiophene rings is 1. The monoisotopic (exact) mass is 421 g/mol. The summed E-state index contributed by atoms with van der Waals surface area (Å²) in [5.41, 5.74) is 1.49. The normalized spacial score (nSPS) is 10.8. The maximum atomic E-state index is 11.8. The molecule has 0 aliphatic carbocycles. The average molecular weight is 421 g/mol. The van der Waals surface area contributed by atoms with E-state index in [2.05, 4.69) is 15.3 Å². The van der Waals surface area contributed by atoms with Gasteiger partial charge >= 0.3 is 5.97 Å². The van der Waals surface area contributed by atoms with E-state index in [4.69, 9.17) is 9.47 Å². The Bertz CT molecular complexity index is 1240. The van der Waals surface area contributed by atoms with Gasteiger partial charge in [0.05, 0.1) is 30.9 Å². The summed E-state index contributed by atoms with van der Waals surface area (Å²) < 4.78 is 10.6. The largest absolute Gasteiger partial charge is 0.493 e. The van der Waals surface area contributed by atoms with Crippen LogP contribution in [0, 0.1) is 6.92 Å². The Kier molecular flexibility index (Phi) is 5.24. The van der Waals surface area contributed by atoms with E-state index < -0.39 is 5.97 Å². The quantitative estimate of drug-likeness (QED) is 0.446. The minimum atomic E-state index is -1.09. The average Bonchev–Trinajstić information content (AvgIpc) is 3.18. The van der Waals surface area contributed by atoms with Crippen LogP contribution in [0.25, 0.3) is 20.7 Å². The minimum Gasteiger partial charge on any atom is -0.493 e. The van der Waals surface area contributed by atoms with Gasteiger partial charge in [0.1, 0.15) is 16.5 Å². The van der Waals surface area contributed by atoms with Crippen LogP contribution in [0.4, 0.5) is 11.5 Å². The number of aromatic carboxylic acids is 1. The molecule has 0 aliphatic heterocycles. The van der Waals surface area contributed by atoms with E-state index in [0.29, 0.717) is 28.8 Å². The Hall–Kier alpha value is -3.65. The van der Waals surface area contributed by atoms with Crippen molar-refractivity contribution in [3.63, 3.8) is 0 Å². The first-order chi connectivity index (χ1) is 14.5. The lowest BCUT2D eigenvalue weighted by molar-refractivity contribution is 0.0697. The van der Waals surface area contributed by atoms with Crippen molar-refractivity contribution in [2.75, 3.05) is 19.5 Å². The molecular formula is C22H19N3O4S. The smallest absolute Gasteiger partial charge is 0.337 e. The van der Waals surface area contributed by atoms with Crippen molar-refractivity contribution in [2.24, 2.45) is 0 Å². The number of aromatic nitrogens is 2. The zero-order chi connectivity index (χ0) is 21.3. The van der Waals surface area contributed by atoms with Crippen LogP contribution < -0.4 is 14.8 Å². The molecule has 152 valence electrons. The number of rotatable bonds is 6. The van der Waals surface area contributed by atoms with E-state index in [1.165, 1.54) is 20.3 Å². The molecule has 0 saturated heterocycles. The van der Waals surface area contributed by atoms with Crippen molar-refractivity contribution in [3.05, 3.63) is 59.9 Å². The number of anilines is 2. The molecule has 0 saturated carbocycles. The van der Waals surface area contributed by atoms with Gasteiger partial charge in [0, 0.05) is 17.0 Å². The summed E-state index contributed by atoms with van der Waals surface area (Å²) >= 11 is 1.56. The lowest BCUT2D eigenvalue weighted by atomic mass is 10.1. The molecule has 2 heterocycles. The van der Waals surface area contributed by atoms with Gasteiger partial charge in [-0.1, -0.05) is 30.3 Å². The lowest BCUT2D eigenvalue weighted by Crippen LogP contribution is -2.06. The first-order valence-electron chi connectivity index (χ1n) is 9.10. The number of ether oxygens (including phenoxy) is 2. The summed E-state index contributed by atoms with van der Waals surface area (Å²) in [7, 11) is 2.96. The first-order valence-corrected chi connectivity index (χ1v) is 9.91. The van der Waals surface area contributed by atoms with E-state index in [9.17, 15) is 9.90 Å².